The van der Waals surface area contributed by atoms with Crippen LogP contribution in [0, 0.1) is 12.8 Å². The van der Waals surface area contributed by atoms with Crippen molar-refractivity contribution in [2.45, 2.75) is 74.7 Å². The van der Waals surface area contributed by atoms with Gasteiger partial charge in [-0.1, -0.05) is 6.07 Å². The molecule has 2 saturated carbocycles. The van der Waals surface area contributed by atoms with Crippen molar-refractivity contribution < 1.29 is 24.2 Å². The summed E-state index contributed by atoms with van der Waals surface area (Å²) in [4.78, 5) is 17.5. The van der Waals surface area contributed by atoms with Crippen molar-refractivity contribution in [1.29, 1.82) is 0 Å². The lowest BCUT2D eigenvalue weighted by Crippen LogP contribution is -2.78. The summed E-state index contributed by atoms with van der Waals surface area (Å²) in [6.45, 7) is 3.83. The van der Waals surface area contributed by atoms with Crippen molar-refractivity contribution in [2.75, 3.05) is 20.1 Å². The number of carbonyl (C=O) groups excluding carboxylic acids is 1. The van der Waals surface area contributed by atoms with Gasteiger partial charge in [0.25, 0.3) is 0 Å². The van der Waals surface area contributed by atoms with Gasteiger partial charge in [0.2, 0.25) is 5.91 Å². The third kappa shape index (κ3) is 2.96. The molecule has 7 rings (SSSR count). The van der Waals surface area contributed by atoms with Gasteiger partial charge >= 0.3 is 0 Å². The van der Waals surface area contributed by atoms with Crippen LogP contribution in [0.2, 0.25) is 0 Å². The predicted molar refractivity (Wildman–Crippen MR) is 134 cm³/mol. The van der Waals surface area contributed by atoms with Crippen molar-refractivity contribution in [2.24, 2.45) is 5.92 Å². The average Bonchev–Trinajstić information content (AvgIpc) is 3.46. The minimum Gasteiger partial charge on any atom is -0.504 e. The fourth-order valence-electron chi connectivity index (χ4n) is 7.83. The summed E-state index contributed by atoms with van der Waals surface area (Å²) in [5, 5.41) is 23.4. The Balaban J connectivity index is 1.26. The maximum absolute atomic E-state index is 13.3. The molecule has 5 aliphatic rings. The van der Waals surface area contributed by atoms with E-state index in [1.807, 2.05) is 32.2 Å². The highest BCUT2D eigenvalue weighted by atomic mass is 16.5. The Bertz CT molecular complexity index is 1260. The van der Waals surface area contributed by atoms with Crippen LogP contribution in [0.3, 0.4) is 0 Å². The van der Waals surface area contributed by atoms with E-state index in [0.29, 0.717) is 24.4 Å². The summed E-state index contributed by atoms with van der Waals surface area (Å²) in [6, 6.07) is 7.28. The number of amides is 1. The molecular weight excluding hydrogens is 456 g/mol. The highest BCUT2D eigenvalue weighted by Gasteiger charge is 2.73. The summed E-state index contributed by atoms with van der Waals surface area (Å²) in [6.07, 6.45) is 8.20. The number of likely N-dealkylation sites (tertiary alicyclic amines) is 1. The molecule has 3 fully saturated rings. The van der Waals surface area contributed by atoms with Gasteiger partial charge in [-0.15, -0.1) is 0 Å². The number of aryl methyl sites for hydroxylation is 1. The van der Waals surface area contributed by atoms with E-state index in [4.69, 9.17) is 9.15 Å². The molecule has 0 unspecified atom stereocenters. The van der Waals surface area contributed by atoms with Crippen molar-refractivity contribution in [1.82, 2.24) is 9.80 Å². The fraction of sp³-hybridized carbons (Fsp3) is 0.552. The zero-order valence-corrected chi connectivity index (χ0v) is 20.9. The van der Waals surface area contributed by atoms with Gasteiger partial charge in [-0.05, 0) is 87.7 Å². The molecule has 3 heterocycles. The van der Waals surface area contributed by atoms with Gasteiger partial charge in [0, 0.05) is 31.3 Å². The molecular formula is C29H34N2O5. The highest BCUT2D eigenvalue weighted by molar-refractivity contribution is 5.91. The van der Waals surface area contributed by atoms with Crippen molar-refractivity contribution >= 4 is 12.0 Å². The van der Waals surface area contributed by atoms with Gasteiger partial charge in [0.15, 0.2) is 11.5 Å². The lowest BCUT2D eigenvalue weighted by molar-refractivity contribution is -0.200. The Morgan fingerprint density at radius 2 is 2.06 bits per heavy atom. The number of likely N-dealkylation sites (N-methyl/N-ethyl adjacent to an activating group) is 1. The minimum atomic E-state index is -0.946. The summed E-state index contributed by atoms with van der Waals surface area (Å²) >= 11 is 0. The van der Waals surface area contributed by atoms with Gasteiger partial charge < -0.3 is 24.3 Å². The Hall–Kier alpha value is -2.77. The Morgan fingerprint density at radius 1 is 1.22 bits per heavy atom. The molecule has 36 heavy (non-hydrogen) atoms. The number of piperidine rings is 1. The summed E-state index contributed by atoms with van der Waals surface area (Å²) in [5.41, 5.74) is 0.588. The molecule has 0 radical (unpaired) electrons. The second-order valence-electron chi connectivity index (χ2n) is 11.6. The minimum absolute atomic E-state index is 0.0324. The number of nitrogens with zero attached hydrogens (tertiary/aromatic N) is 2. The summed E-state index contributed by atoms with van der Waals surface area (Å²) in [7, 11) is 1.82. The van der Waals surface area contributed by atoms with E-state index < -0.39 is 17.1 Å². The van der Waals surface area contributed by atoms with Crippen LogP contribution in [0.15, 0.2) is 34.8 Å². The predicted octanol–water partition coefficient (Wildman–Crippen LogP) is 3.40. The van der Waals surface area contributed by atoms with Crippen molar-refractivity contribution in [3.05, 3.63) is 53.0 Å². The summed E-state index contributed by atoms with van der Waals surface area (Å²) < 4.78 is 12.2. The fourth-order valence-corrected chi connectivity index (χ4v) is 7.83. The van der Waals surface area contributed by atoms with Crippen LogP contribution in [0.5, 0.6) is 11.5 Å². The maximum atomic E-state index is 13.3. The van der Waals surface area contributed by atoms with Crippen molar-refractivity contribution in [3.63, 3.8) is 0 Å². The van der Waals surface area contributed by atoms with Crippen LogP contribution in [0.4, 0.5) is 0 Å². The Morgan fingerprint density at radius 3 is 2.81 bits per heavy atom. The van der Waals surface area contributed by atoms with E-state index in [1.165, 1.54) is 18.4 Å². The quantitative estimate of drug-likeness (QED) is 0.625. The number of benzene rings is 1. The SMILES string of the molecule is Cc1ccc(/C=C/C(=O)N(C)[C@@H]2CC[C@@]3(O)[C@H]4Cc5ccc(O)c6c5[C@@]3(CCN4CC3CC3)[C@H]2O6)o1. The second kappa shape index (κ2) is 7.62. The number of phenols is 1. The number of rotatable bonds is 5. The first-order valence-electron chi connectivity index (χ1n) is 13.3. The monoisotopic (exact) mass is 490 g/mol. The van der Waals surface area contributed by atoms with Gasteiger partial charge in [-0.3, -0.25) is 9.69 Å². The van der Waals surface area contributed by atoms with Gasteiger partial charge in [-0.2, -0.15) is 0 Å². The number of aliphatic hydroxyl groups is 1. The van der Waals surface area contributed by atoms with E-state index in [2.05, 4.69) is 4.90 Å². The topological polar surface area (TPSA) is 86.4 Å². The van der Waals surface area contributed by atoms with E-state index in [0.717, 1.165) is 43.2 Å². The second-order valence-corrected chi connectivity index (χ2v) is 11.6. The number of carbonyl (C=O) groups is 1. The third-order valence-corrected chi connectivity index (χ3v) is 9.73. The molecule has 7 nitrogen and oxygen atoms in total. The number of aromatic hydroxyl groups is 1. The summed E-state index contributed by atoms with van der Waals surface area (Å²) in [5.74, 6) is 2.70. The van der Waals surface area contributed by atoms with E-state index >= 15 is 0 Å². The first-order chi connectivity index (χ1) is 17.3. The molecule has 3 aliphatic carbocycles. The smallest absolute Gasteiger partial charge is 0.246 e. The van der Waals surface area contributed by atoms with Crippen LogP contribution in [0.25, 0.3) is 6.08 Å². The molecule has 2 N–H and O–H groups in total. The van der Waals surface area contributed by atoms with Gasteiger partial charge in [-0.25, -0.2) is 0 Å². The highest BCUT2D eigenvalue weighted by Crippen LogP contribution is 2.66. The average molecular weight is 491 g/mol. The van der Waals surface area contributed by atoms with Crippen molar-refractivity contribution in [3.8, 4) is 11.5 Å². The third-order valence-electron chi connectivity index (χ3n) is 9.73. The molecule has 5 atom stereocenters. The molecule has 1 saturated heterocycles. The number of hydrogen-bond donors (Lipinski definition) is 2. The van der Waals surface area contributed by atoms with E-state index in [-0.39, 0.29) is 23.7 Å². The van der Waals surface area contributed by atoms with E-state index in [1.54, 1.807) is 23.1 Å². The van der Waals surface area contributed by atoms with Gasteiger partial charge in [0.05, 0.1) is 17.1 Å². The molecule has 2 bridgehead atoms. The molecule has 1 spiro atoms. The van der Waals surface area contributed by atoms with Gasteiger partial charge in [0.1, 0.15) is 17.6 Å². The molecule has 190 valence electrons. The molecule has 1 aromatic carbocycles. The first kappa shape index (κ1) is 22.4. The number of furan rings is 1. The molecule has 1 aromatic heterocycles. The number of phenolic OH excluding ortho intramolecular Hbond substituents is 1. The van der Waals surface area contributed by atoms with Crippen LogP contribution in [-0.4, -0.2) is 69.8 Å². The lowest BCUT2D eigenvalue weighted by atomic mass is 9.48. The molecule has 2 aliphatic heterocycles. The molecule has 1 amide bonds. The maximum Gasteiger partial charge on any atom is 0.246 e. The number of hydrogen-bond acceptors (Lipinski definition) is 6. The Kier molecular flexibility index (Phi) is 4.75. The zero-order chi connectivity index (χ0) is 24.8. The standard InChI is InChI=1S/C29H34N2O5/c1-17-3-7-20(35-17)8-10-24(33)30(2)21-11-12-29(34)23-15-19-6-9-22(32)26-25(19)28(29,27(21)36-26)13-14-31(23)16-18-4-5-18/h3,6-10,18,21,23,27,32,34H,4-5,11-16H2,1-2H3/b10-8+/t21-,23-,27+,28+,29-/m1/s1. The van der Waals surface area contributed by atoms with Crippen LogP contribution < -0.4 is 4.74 Å². The number of ether oxygens (including phenoxy) is 1. The normalized spacial score (nSPS) is 34.5. The lowest BCUT2D eigenvalue weighted by Gasteiger charge is -2.64. The first-order valence-corrected chi connectivity index (χ1v) is 13.3. The van der Waals surface area contributed by atoms with Crippen LogP contribution in [0.1, 0.15) is 54.8 Å². The Labute approximate surface area is 211 Å². The molecule has 2 aromatic rings. The largest absolute Gasteiger partial charge is 0.504 e. The zero-order valence-electron chi connectivity index (χ0n) is 20.9. The molecule has 7 heteroatoms. The van der Waals surface area contributed by atoms with Crippen LogP contribution in [-0.2, 0) is 16.6 Å². The van der Waals surface area contributed by atoms with E-state index in [9.17, 15) is 15.0 Å². The van der Waals surface area contributed by atoms with Crippen LogP contribution >= 0.6 is 0 Å².